The molecule has 0 spiro atoms. The van der Waals surface area contributed by atoms with Crippen molar-refractivity contribution in [1.82, 2.24) is 5.16 Å². The number of hydrogen-bond acceptors (Lipinski definition) is 5. The van der Waals surface area contributed by atoms with Crippen molar-refractivity contribution in [2.45, 2.75) is 13.0 Å². The van der Waals surface area contributed by atoms with Gasteiger partial charge in [-0.3, -0.25) is 14.5 Å². The van der Waals surface area contributed by atoms with E-state index in [1.165, 1.54) is 23.1 Å². The van der Waals surface area contributed by atoms with E-state index in [0.29, 0.717) is 26.8 Å². The molecule has 0 unspecified atom stereocenters. The van der Waals surface area contributed by atoms with Gasteiger partial charge in [0.1, 0.15) is 17.2 Å². The minimum atomic E-state index is -0.891. The van der Waals surface area contributed by atoms with Crippen LogP contribution in [0.2, 0.25) is 0 Å². The van der Waals surface area contributed by atoms with Gasteiger partial charge >= 0.3 is 0 Å². The number of nitrogens with zero attached hydrogens (tertiary/aromatic N) is 2. The van der Waals surface area contributed by atoms with Crippen molar-refractivity contribution in [1.29, 1.82) is 0 Å². The van der Waals surface area contributed by atoms with Crippen LogP contribution in [0.5, 0.6) is 0 Å². The standard InChI is InChI=1S/C21H12BrFN2O4/c1-10-7-16(24-29-10)25-18(11-3-2-4-13(23)8-11)17-19(26)14-9-12(22)5-6-15(14)28-20(17)21(25)27/h2-9,18H,1H3/t18-/m1/s1. The Bertz CT molecular complexity index is 1360. The molecule has 0 saturated carbocycles. The van der Waals surface area contributed by atoms with Crippen molar-refractivity contribution < 1.29 is 18.1 Å². The van der Waals surface area contributed by atoms with Crippen LogP contribution in [0.25, 0.3) is 11.0 Å². The van der Waals surface area contributed by atoms with Gasteiger partial charge in [0.25, 0.3) is 5.91 Å². The van der Waals surface area contributed by atoms with E-state index in [0.717, 1.165) is 0 Å². The molecule has 0 radical (unpaired) electrons. The maximum Gasteiger partial charge on any atom is 0.296 e. The Labute approximate surface area is 171 Å². The third kappa shape index (κ3) is 2.71. The maximum absolute atomic E-state index is 14.0. The molecule has 2 aromatic heterocycles. The van der Waals surface area contributed by atoms with Crippen LogP contribution >= 0.6 is 15.9 Å². The highest BCUT2D eigenvalue weighted by molar-refractivity contribution is 9.10. The molecule has 1 aliphatic rings. The van der Waals surface area contributed by atoms with Gasteiger partial charge in [-0.25, -0.2) is 4.39 Å². The van der Waals surface area contributed by atoms with Crippen LogP contribution in [0.3, 0.4) is 0 Å². The minimum absolute atomic E-state index is 0.0836. The fourth-order valence-electron chi connectivity index (χ4n) is 3.64. The number of aromatic nitrogens is 1. The number of amides is 1. The van der Waals surface area contributed by atoms with Gasteiger partial charge in [0.05, 0.1) is 17.0 Å². The summed E-state index contributed by atoms with van der Waals surface area (Å²) in [6.45, 7) is 1.69. The summed E-state index contributed by atoms with van der Waals surface area (Å²) < 4.78 is 25.6. The molecular formula is C21H12BrFN2O4. The molecule has 0 fully saturated rings. The normalized spacial score (nSPS) is 15.9. The van der Waals surface area contributed by atoms with Gasteiger partial charge in [0.2, 0.25) is 5.76 Å². The molecule has 1 atom stereocenters. The molecule has 144 valence electrons. The van der Waals surface area contributed by atoms with E-state index in [4.69, 9.17) is 8.94 Å². The summed E-state index contributed by atoms with van der Waals surface area (Å²) in [7, 11) is 0. The maximum atomic E-state index is 14.0. The van der Waals surface area contributed by atoms with Gasteiger partial charge in [-0.05, 0) is 42.8 Å². The van der Waals surface area contributed by atoms with Crippen LogP contribution < -0.4 is 10.3 Å². The van der Waals surface area contributed by atoms with Crippen molar-refractivity contribution in [3.05, 3.63) is 91.7 Å². The monoisotopic (exact) mass is 454 g/mol. The van der Waals surface area contributed by atoms with Gasteiger partial charge in [-0.1, -0.05) is 33.2 Å². The summed E-state index contributed by atoms with van der Waals surface area (Å²) in [5.41, 5.74) is 0.514. The minimum Gasteiger partial charge on any atom is -0.450 e. The highest BCUT2D eigenvalue weighted by atomic mass is 79.9. The van der Waals surface area contributed by atoms with E-state index in [1.54, 1.807) is 37.3 Å². The zero-order chi connectivity index (χ0) is 20.3. The number of aryl methyl sites for hydroxylation is 1. The highest BCUT2D eigenvalue weighted by Crippen LogP contribution is 2.41. The second-order valence-corrected chi connectivity index (χ2v) is 7.66. The Balaban J connectivity index is 1.84. The second-order valence-electron chi connectivity index (χ2n) is 6.74. The van der Waals surface area contributed by atoms with Gasteiger partial charge in [0.15, 0.2) is 11.2 Å². The van der Waals surface area contributed by atoms with Crippen LogP contribution in [0.1, 0.15) is 33.5 Å². The summed E-state index contributed by atoms with van der Waals surface area (Å²) in [6, 6.07) is 11.4. The summed E-state index contributed by atoms with van der Waals surface area (Å²) in [5.74, 6) is -0.384. The second kappa shape index (κ2) is 6.38. The molecule has 1 amide bonds. The predicted molar refractivity (Wildman–Crippen MR) is 106 cm³/mol. The zero-order valence-electron chi connectivity index (χ0n) is 15.0. The van der Waals surface area contributed by atoms with Crippen LogP contribution in [-0.4, -0.2) is 11.1 Å². The molecular weight excluding hydrogens is 443 g/mol. The quantitative estimate of drug-likeness (QED) is 0.437. The Hall–Kier alpha value is -3.26. The van der Waals surface area contributed by atoms with Crippen molar-refractivity contribution in [2.24, 2.45) is 0 Å². The first-order valence-electron chi connectivity index (χ1n) is 8.72. The number of carbonyl (C=O) groups is 1. The third-order valence-electron chi connectivity index (χ3n) is 4.86. The highest BCUT2D eigenvalue weighted by Gasteiger charge is 2.45. The van der Waals surface area contributed by atoms with E-state index in [1.807, 2.05) is 0 Å². The summed E-state index contributed by atoms with van der Waals surface area (Å²) >= 11 is 3.35. The number of rotatable bonds is 2. The largest absolute Gasteiger partial charge is 0.450 e. The molecule has 0 aliphatic carbocycles. The number of benzene rings is 2. The lowest BCUT2D eigenvalue weighted by Crippen LogP contribution is -2.29. The first-order valence-corrected chi connectivity index (χ1v) is 9.52. The van der Waals surface area contributed by atoms with Crippen molar-refractivity contribution in [3.8, 4) is 0 Å². The Morgan fingerprint density at radius 3 is 2.69 bits per heavy atom. The number of halogens is 2. The SMILES string of the molecule is Cc1cc(N2C(=O)c3oc4ccc(Br)cc4c(=O)c3[C@H]2c2cccc(F)c2)no1. The fourth-order valence-corrected chi connectivity index (χ4v) is 4.00. The predicted octanol–water partition coefficient (Wildman–Crippen LogP) is 4.74. The van der Waals surface area contributed by atoms with Crippen molar-refractivity contribution in [3.63, 3.8) is 0 Å². The molecule has 0 saturated heterocycles. The molecule has 29 heavy (non-hydrogen) atoms. The molecule has 1 aliphatic heterocycles. The molecule has 8 heteroatoms. The zero-order valence-corrected chi connectivity index (χ0v) is 16.6. The smallest absolute Gasteiger partial charge is 0.296 e. The van der Waals surface area contributed by atoms with E-state index in [-0.39, 0.29) is 22.6 Å². The molecule has 6 nitrogen and oxygen atoms in total. The molecule has 0 bridgehead atoms. The molecule has 0 N–H and O–H groups in total. The number of carbonyl (C=O) groups excluding carboxylic acids is 1. The first-order chi connectivity index (χ1) is 13.9. The van der Waals surface area contributed by atoms with Gasteiger partial charge in [-0.15, -0.1) is 0 Å². The van der Waals surface area contributed by atoms with Crippen LogP contribution in [0.4, 0.5) is 10.2 Å². The van der Waals surface area contributed by atoms with Crippen molar-refractivity contribution >= 4 is 38.6 Å². The van der Waals surface area contributed by atoms with E-state index in [9.17, 15) is 14.0 Å². The Morgan fingerprint density at radius 2 is 1.97 bits per heavy atom. The summed E-state index contributed by atoms with van der Waals surface area (Å²) in [6.07, 6.45) is 0. The number of hydrogen-bond donors (Lipinski definition) is 0. The van der Waals surface area contributed by atoms with E-state index in [2.05, 4.69) is 21.1 Å². The van der Waals surface area contributed by atoms with Gasteiger partial charge in [-0.2, -0.15) is 0 Å². The topological polar surface area (TPSA) is 76.6 Å². The summed E-state index contributed by atoms with van der Waals surface area (Å²) in [5, 5.41) is 4.25. The average molecular weight is 455 g/mol. The number of fused-ring (bicyclic) bond motifs is 2. The van der Waals surface area contributed by atoms with Crippen molar-refractivity contribution in [2.75, 3.05) is 4.90 Å². The lowest BCUT2D eigenvalue weighted by Gasteiger charge is -2.22. The van der Waals surface area contributed by atoms with Crippen LogP contribution in [0.15, 0.2) is 66.7 Å². The summed E-state index contributed by atoms with van der Waals surface area (Å²) in [4.78, 5) is 27.9. The van der Waals surface area contributed by atoms with E-state index >= 15 is 0 Å². The van der Waals surface area contributed by atoms with Crippen LogP contribution in [0, 0.1) is 12.7 Å². The fraction of sp³-hybridized carbons (Fsp3) is 0.0952. The molecule has 5 rings (SSSR count). The number of anilines is 1. The van der Waals surface area contributed by atoms with Crippen LogP contribution in [-0.2, 0) is 0 Å². The van der Waals surface area contributed by atoms with Gasteiger partial charge < -0.3 is 8.94 Å². The molecule has 4 aromatic rings. The third-order valence-corrected chi connectivity index (χ3v) is 5.35. The Kier molecular flexibility index (Phi) is 3.92. The molecule has 2 aromatic carbocycles. The molecule has 3 heterocycles. The average Bonchev–Trinajstić information content (AvgIpc) is 3.24. The first kappa shape index (κ1) is 17.8. The van der Waals surface area contributed by atoms with Gasteiger partial charge in [0, 0.05) is 10.5 Å². The lowest BCUT2D eigenvalue weighted by molar-refractivity contribution is 0.0969. The van der Waals surface area contributed by atoms with E-state index < -0.39 is 17.8 Å². The Morgan fingerprint density at radius 1 is 1.14 bits per heavy atom. The lowest BCUT2D eigenvalue weighted by atomic mass is 9.98.